The Kier molecular flexibility index (Phi) is 5.00. The Morgan fingerprint density at radius 1 is 1.12 bits per heavy atom. The minimum Gasteiger partial charge on any atom is -0.478 e. The Balaban J connectivity index is 1.45. The lowest BCUT2D eigenvalue weighted by Crippen LogP contribution is -2.23. The van der Waals surface area contributed by atoms with Gasteiger partial charge in [0.15, 0.2) is 23.1 Å². The van der Waals surface area contributed by atoms with Crippen LogP contribution < -0.4 is 19.5 Å². The van der Waals surface area contributed by atoms with E-state index >= 15 is 0 Å². The maximum Gasteiger partial charge on any atom is 0.252 e. The number of ether oxygens (including phenoxy) is 3. The van der Waals surface area contributed by atoms with Crippen LogP contribution in [-0.4, -0.2) is 25.9 Å². The molecule has 0 atom stereocenters. The van der Waals surface area contributed by atoms with Crippen molar-refractivity contribution in [2.75, 3.05) is 19.9 Å². The van der Waals surface area contributed by atoms with Crippen LogP contribution in [0.1, 0.15) is 10.4 Å². The highest BCUT2D eigenvalue weighted by Crippen LogP contribution is 2.32. The van der Waals surface area contributed by atoms with Crippen molar-refractivity contribution in [3.05, 3.63) is 53.6 Å². The topological polar surface area (TPSA) is 56.8 Å². The second-order valence-corrected chi connectivity index (χ2v) is 4.97. The fourth-order valence-corrected chi connectivity index (χ4v) is 2.08. The lowest BCUT2D eigenvalue weighted by Gasteiger charge is -2.03. The molecule has 0 fully saturated rings. The summed E-state index contributed by atoms with van der Waals surface area (Å²) in [6, 6.07) is 7.88. The van der Waals surface area contributed by atoms with Gasteiger partial charge in [-0.25, -0.2) is 8.78 Å². The van der Waals surface area contributed by atoms with Crippen LogP contribution in [0.4, 0.5) is 8.78 Å². The standard InChI is InChI=1S/C18H13F2NO4/c19-13-4-6-15(14(20)10-13)23-8-2-1-7-21-18(22)12-3-5-16-17(9-12)25-11-24-16/h3-6,9-10H,7-8,11H2,(H,21,22). The number of nitrogens with one attached hydrogen (secondary N) is 1. The number of carbonyl (C=O) groups excluding carboxylic acids is 1. The first-order valence-corrected chi connectivity index (χ1v) is 7.35. The quantitative estimate of drug-likeness (QED) is 0.865. The van der Waals surface area contributed by atoms with Gasteiger partial charge < -0.3 is 19.5 Å². The van der Waals surface area contributed by atoms with Crippen molar-refractivity contribution in [2.45, 2.75) is 0 Å². The summed E-state index contributed by atoms with van der Waals surface area (Å²) < 4.78 is 41.5. The predicted molar refractivity (Wildman–Crippen MR) is 84.5 cm³/mol. The van der Waals surface area contributed by atoms with E-state index in [9.17, 15) is 13.6 Å². The van der Waals surface area contributed by atoms with E-state index in [4.69, 9.17) is 14.2 Å². The summed E-state index contributed by atoms with van der Waals surface area (Å²) in [4.78, 5) is 12.0. The lowest BCUT2D eigenvalue weighted by atomic mass is 10.2. The zero-order valence-electron chi connectivity index (χ0n) is 13.0. The Hall–Kier alpha value is -3.27. The van der Waals surface area contributed by atoms with E-state index in [1.54, 1.807) is 18.2 Å². The van der Waals surface area contributed by atoms with Gasteiger partial charge in [0.1, 0.15) is 12.4 Å². The molecule has 2 aromatic rings. The van der Waals surface area contributed by atoms with Crippen molar-refractivity contribution < 1.29 is 27.8 Å². The summed E-state index contributed by atoms with van der Waals surface area (Å²) in [5, 5.41) is 2.62. The molecular formula is C18H13F2NO4. The first-order valence-electron chi connectivity index (χ1n) is 7.35. The van der Waals surface area contributed by atoms with Crippen molar-refractivity contribution >= 4 is 5.91 Å². The molecule has 0 bridgehead atoms. The molecule has 1 N–H and O–H groups in total. The van der Waals surface area contributed by atoms with E-state index in [1.165, 1.54) is 6.07 Å². The van der Waals surface area contributed by atoms with Gasteiger partial charge in [-0.3, -0.25) is 4.79 Å². The molecule has 0 aliphatic carbocycles. The van der Waals surface area contributed by atoms with Crippen LogP contribution in [0.2, 0.25) is 0 Å². The lowest BCUT2D eigenvalue weighted by molar-refractivity contribution is 0.0958. The third kappa shape index (κ3) is 4.18. The summed E-state index contributed by atoms with van der Waals surface area (Å²) >= 11 is 0. The molecule has 0 saturated heterocycles. The van der Waals surface area contributed by atoms with E-state index in [0.29, 0.717) is 17.1 Å². The Labute approximate surface area is 142 Å². The normalized spacial score (nSPS) is 11.4. The molecule has 128 valence electrons. The van der Waals surface area contributed by atoms with E-state index in [-0.39, 0.29) is 31.6 Å². The van der Waals surface area contributed by atoms with Crippen LogP contribution in [0.15, 0.2) is 36.4 Å². The third-order valence-electron chi connectivity index (χ3n) is 3.29. The summed E-state index contributed by atoms with van der Waals surface area (Å²) in [5.41, 5.74) is 0.427. The molecule has 25 heavy (non-hydrogen) atoms. The second-order valence-electron chi connectivity index (χ2n) is 4.97. The fraction of sp³-hybridized carbons (Fsp3) is 0.167. The van der Waals surface area contributed by atoms with Gasteiger partial charge in [0, 0.05) is 11.6 Å². The molecule has 5 nitrogen and oxygen atoms in total. The number of amides is 1. The molecule has 7 heteroatoms. The zero-order chi connectivity index (χ0) is 17.6. The van der Waals surface area contributed by atoms with Gasteiger partial charge in [0.2, 0.25) is 6.79 Å². The number of hydrogen-bond acceptors (Lipinski definition) is 4. The second kappa shape index (κ2) is 7.53. The summed E-state index contributed by atoms with van der Waals surface area (Å²) in [7, 11) is 0. The number of hydrogen-bond donors (Lipinski definition) is 1. The summed E-state index contributed by atoms with van der Waals surface area (Å²) in [6.07, 6.45) is 0. The molecule has 3 rings (SSSR count). The minimum absolute atomic E-state index is 0.0809. The van der Waals surface area contributed by atoms with Crippen LogP contribution >= 0.6 is 0 Å². The van der Waals surface area contributed by atoms with Gasteiger partial charge in [-0.1, -0.05) is 11.8 Å². The molecule has 1 aliphatic heterocycles. The first-order chi connectivity index (χ1) is 12.1. The molecule has 1 heterocycles. The van der Waals surface area contributed by atoms with E-state index in [0.717, 1.165) is 12.1 Å². The van der Waals surface area contributed by atoms with Crippen molar-refractivity contribution in [1.82, 2.24) is 5.32 Å². The van der Waals surface area contributed by atoms with Gasteiger partial charge >= 0.3 is 0 Å². The van der Waals surface area contributed by atoms with Crippen LogP contribution in [-0.2, 0) is 0 Å². The highest BCUT2D eigenvalue weighted by Gasteiger charge is 2.15. The minimum atomic E-state index is -0.794. The number of rotatable bonds is 4. The molecule has 1 amide bonds. The molecule has 0 unspecified atom stereocenters. The molecule has 1 aliphatic rings. The van der Waals surface area contributed by atoms with Crippen molar-refractivity contribution in [3.8, 4) is 29.1 Å². The van der Waals surface area contributed by atoms with Gasteiger partial charge in [-0.15, -0.1) is 0 Å². The Morgan fingerprint density at radius 2 is 1.96 bits per heavy atom. The maximum atomic E-state index is 13.3. The zero-order valence-corrected chi connectivity index (χ0v) is 13.0. The molecule has 0 spiro atoms. The third-order valence-corrected chi connectivity index (χ3v) is 3.29. The Morgan fingerprint density at radius 3 is 2.80 bits per heavy atom. The van der Waals surface area contributed by atoms with Crippen molar-refractivity contribution in [3.63, 3.8) is 0 Å². The number of benzene rings is 2. The van der Waals surface area contributed by atoms with Gasteiger partial charge in [0.25, 0.3) is 5.91 Å². The first kappa shape index (κ1) is 16.6. The Bertz CT molecular complexity index is 858. The molecule has 0 aromatic heterocycles. The van der Waals surface area contributed by atoms with Crippen LogP contribution in [0.5, 0.6) is 17.2 Å². The SMILES string of the molecule is O=C(NCC#CCOc1ccc(F)cc1F)c1ccc2c(c1)OCO2. The molecule has 2 aromatic carbocycles. The van der Waals surface area contributed by atoms with E-state index in [2.05, 4.69) is 17.2 Å². The monoisotopic (exact) mass is 345 g/mol. The molecular weight excluding hydrogens is 332 g/mol. The molecule has 0 saturated carbocycles. The van der Waals surface area contributed by atoms with Crippen LogP contribution in [0, 0.1) is 23.5 Å². The number of halogens is 2. The maximum absolute atomic E-state index is 13.3. The number of carbonyl (C=O) groups is 1. The molecule has 0 radical (unpaired) electrons. The average Bonchev–Trinajstić information content (AvgIpc) is 3.07. The van der Waals surface area contributed by atoms with Crippen molar-refractivity contribution in [2.24, 2.45) is 0 Å². The predicted octanol–water partition coefficient (Wildman–Crippen LogP) is 2.51. The smallest absolute Gasteiger partial charge is 0.252 e. The number of fused-ring (bicyclic) bond motifs is 1. The van der Waals surface area contributed by atoms with Gasteiger partial charge in [-0.05, 0) is 30.3 Å². The van der Waals surface area contributed by atoms with E-state index < -0.39 is 11.6 Å². The summed E-state index contributed by atoms with van der Waals surface area (Å²) in [5.74, 6) is 4.57. The largest absolute Gasteiger partial charge is 0.478 e. The fourth-order valence-electron chi connectivity index (χ4n) is 2.08. The van der Waals surface area contributed by atoms with Gasteiger partial charge in [0.05, 0.1) is 6.54 Å². The summed E-state index contributed by atoms with van der Waals surface area (Å²) in [6.45, 7) is 0.158. The van der Waals surface area contributed by atoms with Gasteiger partial charge in [-0.2, -0.15) is 0 Å². The highest BCUT2D eigenvalue weighted by molar-refractivity contribution is 5.95. The van der Waals surface area contributed by atoms with Crippen LogP contribution in [0.3, 0.4) is 0 Å². The highest BCUT2D eigenvalue weighted by atomic mass is 19.1. The van der Waals surface area contributed by atoms with Crippen LogP contribution in [0.25, 0.3) is 0 Å². The average molecular weight is 345 g/mol. The van der Waals surface area contributed by atoms with E-state index in [1.807, 2.05) is 0 Å². The van der Waals surface area contributed by atoms with Crippen molar-refractivity contribution in [1.29, 1.82) is 0 Å².